The van der Waals surface area contributed by atoms with Crippen molar-refractivity contribution in [1.82, 2.24) is 4.98 Å². The second-order valence-electron chi connectivity index (χ2n) is 4.13. The normalized spacial score (nSPS) is 10.6. The number of anilines is 1. The van der Waals surface area contributed by atoms with Crippen LogP contribution in [0.1, 0.15) is 25.8 Å². The number of aromatic nitrogens is 1. The van der Waals surface area contributed by atoms with Crippen LogP contribution in [0.2, 0.25) is 0 Å². The fourth-order valence-electron chi connectivity index (χ4n) is 1.61. The lowest BCUT2D eigenvalue weighted by Crippen LogP contribution is -2.33. The molecule has 0 radical (unpaired) electrons. The maximum absolute atomic E-state index is 8.90. The van der Waals surface area contributed by atoms with E-state index in [1.54, 1.807) is 12.3 Å². The summed E-state index contributed by atoms with van der Waals surface area (Å²) in [6.45, 7) is 5.12. The van der Waals surface area contributed by atoms with E-state index in [4.69, 9.17) is 23.1 Å². The molecule has 0 amide bonds. The molecule has 17 heavy (non-hydrogen) atoms. The van der Waals surface area contributed by atoms with Crippen LogP contribution in [-0.4, -0.2) is 34.3 Å². The van der Waals surface area contributed by atoms with Crippen molar-refractivity contribution in [2.24, 2.45) is 5.73 Å². The molecule has 0 saturated carbocycles. The van der Waals surface area contributed by atoms with E-state index >= 15 is 0 Å². The van der Waals surface area contributed by atoms with Gasteiger partial charge in [0.05, 0.1) is 0 Å². The maximum Gasteiger partial charge on any atom is 0.129 e. The highest BCUT2D eigenvalue weighted by molar-refractivity contribution is 7.80. The van der Waals surface area contributed by atoms with E-state index in [-0.39, 0.29) is 6.61 Å². The Hall–Kier alpha value is -1.20. The Balaban J connectivity index is 2.93. The lowest BCUT2D eigenvalue weighted by atomic mass is 10.2. The van der Waals surface area contributed by atoms with E-state index in [0.717, 1.165) is 24.3 Å². The van der Waals surface area contributed by atoms with Gasteiger partial charge in [-0.2, -0.15) is 0 Å². The standard InChI is InChI=1S/C12H19N3OS/c1-9(2)15(6-3-7-16)11-8-10(12(13)17)4-5-14-11/h4-5,8-9,16H,3,6-7H2,1-2H3,(H2,13,17). The predicted molar refractivity (Wildman–Crippen MR) is 74.3 cm³/mol. The molecule has 0 fully saturated rings. The van der Waals surface area contributed by atoms with Gasteiger partial charge in [0, 0.05) is 31.0 Å². The lowest BCUT2D eigenvalue weighted by molar-refractivity contribution is 0.288. The van der Waals surface area contributed by atoms with Crippen LogP contribution in [0.15, 0.2) is 18.3 Å². The molecule has 3 N–H and O–H groups in total. The molecule has 4 nitrogen and oxygen atoms in total. The molecule has 1 aromatic heterocycles. The summed E-state index contributed by atoms with van der Waals surface area (Å²) in [5, 5.41) is 8.90. The van der Waals surface area contributed by atoms with E-state index in [2.05, 4.69) is 23.7 Å². The van der Waals surface area contributed by atoms with Crippen LogP contribution in [0.25, 0.3) is 0 Å². The molecule has 0 atom stereocenters. The Kier molecular flexibility index (Phi) is 5.31. The van der Waals surface area contributed by atoms with Crippen molar-refractivity contribution in [2.75, 3.05) is 18.1 Å². The van der Waals surface area contributed by atoms with Gasteiger partial charge in [0.2, 0.25) is 0 Å². The van der Waals surface area contributed by atoms with Crippen molar-refractivity contribution in [3.05, 3.63) is 23.9 Å². The largest absolute Gasteiger partial charge is 0.396 e. The number of rotatable bonds is 6. The van der Waals surface area contributed by atoms with Crippen LogP contribution in [-0.2, 0) is 0 Å². The first-order chi connectivity index (χ1) is 8.06. The molecule has 1 rings (SSSR count). The van der Waals surface area contributed by atoms with Crippen LogP contribution in [0.4, 0.5) is 5.82 Å². The van der Waals surface area contributed by atoms with Gasteiger partial charge in [0.25, 0.3) is 0 Å². The van der Waals surface area contributed by atoms with Gasteiger partial charge >= 0.3 is 0 Å². The molecule has 1 aromatic rings. The van der Waals surface area contributed by atoms with E-state index in [9.17, 15) is 0 Å². The Labute approximate surface area is 107 Å². The fourth-order valence-corrected chi connectivity index (χ4v) is 1.73. The fraction of sp³-hybridized carbons (Fsp3) is 0.500. The quantitative estimate of drug-likeness (QED) is 0.749. The number of nitrogens with zero attached hydrogens (tertiary/aromatic N) is 2. The summed E-state index contributed by atoms with van der Waals surface area (Å²) in [4.78, 5) is 6.82. The summed E-state index contributed by atoms with van der Waals surface area (Å²) >= 11 is 4.95. The molecule has 0 aliphatic heterocycles. The molecule has 0 aromatic carbocycles. The van der Waals surface area contributed by atoms with Crippen LogP contribution < -0.4 is 10.6 Å². The number of hydrogen-bond donors (Lipinski definition) is 2. The molecular formula is C12H19N3OS. The van der Waals surface area contributed by atoms with Crippen molar-refractivity contribution < 1.29 is 5.11 Å². The summed E-state index contributed by atoms with van der Waals surface area (Å²) in [6.07, 6.45) is 2.43. The van der Waals surface area contributed by atoms with Crippen molar-refractivity contribution in [2.45, 2.75) is 26.3 Å². The minimum Gasteiger partial charge on any atom is -0.396 e. The average molecular weight is 253 g/mol. The van der Waals surface area contributed by atoms with Gasteiger partial charge in [-0.05, 0) is 32.4 Å². The van der Waals surface area contributed by atoms with Gasteiger partial charge in [0.1, 0.15) is 10.8 Å². The molecule has 0 aliphatic rings. The van der Waals surface area contributed by atoms with Crippen molar-refractivity contribution in [3.63, 3.8) is 0 Å². The van der Waals surface area contributed by atoms with Crippen LogP contribution in [0.5, 0.6) is 0 Å². The summed E-state index contributed by atoms with van der Waals surface area (Å²) in [7, 11) is 0. The second-order valence-corrected chi connectivity index (χ2v) is 4.57. The molecule has 0 saturated heterocycles. The molecule has 0 unspecified atom stereocenters. The molecule has 1 heterocycles. The highest BCUT2D eigenvalue weighted by Gasteiger charge is 2.12. The van der Waals surface area contributed by atoms with E-state index in [0.29, 0.717) is 11.0 Å². The van der Waals surface area contributed by atoms with Gasteiger partial charge in [0.15, 0.2) is 0 Å². The Morgan fingerprint density at radius 1 is 1.59 bits per heavy atom. The first kappa shape index (κ1) is 13.9. The minimum atomic E-state index is 0.179. The first-order valence-electron chi connectivity index (χ1n) is 5.69. The zero-order chi connectivity index (χ0) is 12.8. The second kappa shape index (κ2) is 6.51. The lowest BCUT2D eigenvalue weighted by Gasteiger charge is -2.27. The van der Waals surface area contributed by atoms with E-state index < -0.39 is 0 Å². The predicted octanol–water partition coefficient (Wildman–Crippen LogP) is 1.31. The van der Waals surface area contributed by atoms with Gasteiger partial charge in [-0.1, -0.05) is 12.2 Å². The molecular weight excluding hydrogens is 234 g/mol. The number of nitrogens with two attached hydrogens (primary N) is 1. The van der Waals surface area contributed by atoms with Crippen LogP contribution in [0.3, 0.4) is 0 Å². The smallest absolute Gasteiger partial charge is 0.129 e. The number of aliphatic hydroxyl groups excluding tert-OH is 1. The monoisotopic (exact) mass is 253 g/mol. The summed E-state index contributed by atoms with van der Waals surface area (Å²) in [6, 6.07) is 4.01. The van der Waals surface area contributed by atoms with Crippen LogP contribution in [0, 0.1) is 0 Å². The zero-order valence-corrected chi connectivity index (χ0v) is 11.1. The van der Waals surface area contributed by atoms with Gasteiger partial charge < -0.3 is 15.7 Å². The molecule has 94 valence electrons. The SMILES string of the molecule is CC(C)N(CCCO)c1cc(C(N)=S)ccn1. The third-order valence-corrected chi connectivity index (χ3v) is 2.74. The minimum absolute atomic E-state index is 0.179. The number of pyridine rings is 1. The van der Waals surface area contributed by atoms with Gasteiger partial charge in [-0.25, -0.2) is 4.98 Å². The van der Waals surface area contributed by atoms with E-state index in [1.807, 2.05) is 6.07 Å². The molecule has 0 aliphatic carbocycles. The highest BCUT2D eigenvalue weighted by Crippen LogP contribution is 2.16. The third kappa shape index (κ3) is 3.94. The Morgan fingerprint density at radius 2 is 2.29 bits per heavy atom. The first-order valence-corrected chi connectivity index (χ1v) is 6.10. The van der Waals surface area contributed by atoms with Crippen molar-refractivity contribution in [1.29, 1.82) is 0 Å². The topological polar surface area (TPSA) is 62.4 Å². The average Bonchev–Trinajstić information content (AvgIpc) is 2.29. The molecule has 5 heteroatoms. The number of aliphatic hydroxyl groups is 1. The highest BCUT2D eigenvalue weighted by atomic mass is 32.1. The van der Waals surface area contributed by atoms with Crippen LogP contribution >= 0.6 is 12.2 Å². The third-order valence-electron chi connectivity index (χ3n) is 2.50. The van der Waals surface area contributed by atoms with Gasteiger partial charge in [-0.15, -0.1) is 0 Å². The number of thiocarbonyl (C=S) groups is 1. The summed E-state index contributed by atoms with van der Waals surface area (Å²) in [5.74, 6) is 0.846. The molecule has 0 spiro atoms. The Bertz CT molecular complexity index is 382. The number of hydrogen-bond acceptors (Lipinski definition) is 4. The zero-order valence-electron chi connectivity index (χ0n) is 10.3. The van der Waals surface area contributed by atoms with Gasteiger partial charge in [-0.3, -0.25) is 0 Å². The Morgan fingerprint density at radius 3 is 2.82 bits per heavy atom. The molecule has 0 bridgehead atoms. The summed E-state index contributed by atoms with van der Waals surface area (Å²) < 4.78 is 0. The maximum atomic E-state index is 8.90. The van der Waals surface area contributed by atoms with Crippen molar-refractivity contribution in [3.8, 4) is 0 Å². The van der Waals surface area contributed by atoms with E-state index in [1.165, 1.54) is 0 Å². The van der Waals surface area contributed by atoms with Crippen molar-refractivity contribution >= 4 is 23.0 Å². The summed E-state index contributed by atoms with van der Waals surface area (Å²) in [5.41, 5.74) is 6.42.